The van der Waals surface area contributed by atoms with Crippen molar-refractivity contribution >= 4 is 26.0 Å². The second kappa shape index (κ2) is 6.04. The number of sulfonamides is 1. The summed E-state index contributed by atoms with van der Waals surface area (Å²) in [6.07, 6.45) is 1.43. The van der Waals surface area contributed by atoms with Gasteiger partial charge < -0.3 is 5.73 Å². The third-order valence-electron chi connectivity index (χ3n) is 2.86. The summed E-state index contributed by atoms with van der Waals surface area (Å²) in [4.78, 5) is 0. The molecule has 1 aromatic carbocycles. The molecule has 8 heteroatoms. The average molecular weight is 359 g/mol. The van der Waals surface area contributed by atoms with Gasteiger partial charge in [0.2, 0.25) is 0 Å². The minimum Gasteiger partial charge on any atom is -0.326 e. The van der Waals surface area contributed by atoms with E-state index in [1.807, 2.05) is 24.3 Å². The van der Waals surface area contributed by atoms with Crippen molar-refractivity contribution in [1.82, 2.24) is 14.5 Å². The summed E-state index contributed by atoms with van der Waals surface area (Å²) in [7, 11) is -2.10. The topological polar surface area (TPSA) is 92.1 Å². The first-order valence-corrected chi connectivity index (χ1v) is 8.11. The zero-order valence-corrected chi connectivity index (χ0v) is 13.3. The molecule has 0 atom stereocenters. The third-order valence-corrected chi connectivity index (χ3v) is 5.17. The van der Waals surface area contributed by atoms with Gasteiger partial charge in [0, 0.05) is 30.2 Å². The minimum absolute atomic E-state index is 0.0532. The second-order valence-corrected chi connectivity index (χ2v) is 7.22. The fraction of sp³-hybridized carbons (Fsp3) is 0.250. The Balaban J connectivity index is 2.26. The van der Waals surface area contributed by atoms with E-state index in [1.165, 1.54) is 17.5 Å². The summed E-state index contributed by atoms with van der Waals surface area (Å²) in [5, 5.41) is 6.30. The average Bonchev–Trinajstić information content (AvgIpc) is 2.87. The third kappa shape index (κ3) is 3.09. The summed E-state index contributed by atoms with van der Waals surface area (Å²) < 4.78 is 27.1. The largest absolute Gasteiger partial charge is 0.326 e. The van der Waals surface area contributed by atoms with Crippen molar-refractivity contribution in [2.45, 2.75) is 18.1 Å². The molecule has 0 saturated heterocycles. The molecule has 0 saturated carbocycles. The van der Waals surface area contributed by atoms with Crippen molar-refractivity contribution in [2.24, 2.45) is 5.73 Å². The first-order chi connectivity index (χ1) is 9.45. The lowest BCUT2D eigenvalue weighted by Gasteiger charge is -2.17. The number of H-pyrrole nitrogens is 1. The van der Waals surface area contributed by atoms with Crippen LogP contribution in [0.25, 0.3) is 0 Å². The van der Waals surface area contributed by atoms with Crippen molar-refractivity contribution in [3.05, 3.63) is 46.1 Å². The van der Waals surface area contributed by atoms with Crippen LogP contribution in [-0.2, 0) is 23.1 Å². The zero-order chi connectivity index (χ0) is 14.8. The summed E-state index contributed by atoms with van der Waals surface area (Å²) >= 11 is 3.36. The van der Waals surface area contributed by atoms with Gasteiger partial charge in [-0.25, -0.2) is 8.42 Å². The fourth-order valence-corrected chi connectivity index (χ4v) is 3.51. The molecule has 1 heterocycles. The molecule has 2 aromatic rings. The Labute approximate surface area is 126 Å². The zero-order valence-electron chi connectivity index (χ0n) is 10.9. The van der Waals surface area contributed by atoms with Gasteiger partial charge in [0.25, 0.3) is 10.0 Å². The molecule has 0 aliphatic heterocycles. The lowest BCUT2D eigenvalue weighted by Crippen LogP contribution is -2.28. The Kier molecular flexibility index (Phi) is 4.59. The highest BCUT2D eigenvalue weighted by Gasteiger charge is 2.25. The molecule has 0 spiro atoms. The van der Waals surface area contributed by atoms with E-state index in [1.54, 1.807) is 0 Å². The van der Waals surface area contributed by atoms with Crippen molar-refractivity contribution in [3.8, 4) is 0 Å². The van der Waals surface area contributed by atoms with E-state index in [9.17, 15) is 8.42 Å². The predicted molar refractivity (Wildman–Crippen MR) is 79.3 cm³/mol. The molecule has 2 rings (SSSR count). The molecule has 6 nitrogen and oxygen atoms in total. The lowest BCUT2D eigenvalue weighted by atomic mass is 10.2. The maximum Gasteiger partial charge on any atom is 0.260 e. The molecular formula is C12H15BrN4O2S. The van der Waals surface area contributed by atoms with Crippen LogP contribution in [-0.4, -0.2) is 30.0 Å². The van der Waals surface area contributed by atoms with E-state index in [0.717, 1.165) is 10.0 Å². The van der Waals surface area contributed by atoms with Gasteiger partial charge in [0.1, 0.15) is 0 Å². The molecule has 20 heavy (non-hydrogen) atoms. The van der Waals surface area contributed by atoms with E-state index >= 15 is 0 Å². The predicted octanol–water partition coefficient (Wildman–Crippen LogP) is 1.45. The van der Waals surface area contributed by atoms with Crippen LogP contribution in [0.4, 0.5) is 0 Å². The van der Waals surface area contributed by atoms with Crippen LogP contribution in [0.2, 0.25) is 0 Å². The van der Waals surface area contributed by atoms with Gasteiger partial charge in [-0.3, -0.25) is 5.10 Å². The summed E-state index contributed by atoms with van der Waals surface area (Å²) in [6, 6.07) is 7.50. The second-order valence-electron chi connectivity index (χ2n) is 4.32. The summed E-state index contributed by atoms with van der Waals surface area (Å²) in [6.45, 7) is 0.389. The van der Waals surface area contributed by atoms with E-state index in [2.05, 4.69) is 26.1 Å². The first-order valence-electron chi connectivity index (χ1n) is 5.88. The van der Waals surface area contributed by atoms with Crippen molar-refractivity contribution in [1.29, 1.82) is 0 Å². The first kappa shape index (κ1) is 15.2. The van der Waals surface area contributed by atoms with Gasteiger partial charge in [0.05, 0.1) is 6.20 Å². The Hall–Kier alpha value is -1.22. The van der Waals surface area contributed by atoms with Gasteiger partial charge in [-0.15, -0.1) is 0 Å². The summed E-state index contributed by atoms with van der Waals surface area (Å²) in [5.41, 5.74) is 6.88. The van der Waals surface area contributed by atoms with E-state index < -0.39 is 10.0 Å². The van der Waals surface area contributed by atoms with Gasteiger partial charge in [-0.05, 0) is 17.7 Å². The smallest absolute Gasteiger partial charge is 0.260 e. The van der Waals surface area contributed by atoms with Crippen LogP contribution in [0.5, 0.6) is 0 Å². The molecule has 0 aliphatic rings. The molecule has 0 fully saturated rings. The van der Waals surface area contributed by atoms with Crippen LogP contribution in [0, 0.1) is 0 Å². The molecule has 3 N–H and O–H groups in total. The number of halogens is 1. The van der Waals surface area contributed by atoms with Gasteiger partial charge in [-0.2, -0.15) is 9.40 Å². The van der Waals surface area contributed by atoms with E-state index in [-0.39, 0.29) is 18.1 Å². The maximum absolute atomic E-state index is 12.4. The molecule has 0 unspecified atom stereocenters. The van der Waals surface area contributed by atoms with Crippen LogP contribution in [0.15, 0.2) is 40.0 Å². The Morgan fingerprint density at radius 3 is 2.85 bits per heavy atom. The van der Waals surface area contributed by atoms with E-state index in [0.29, 0.717) is 5.56 Å². The maximum atomic E-state index is 12.4. The molecule has 0 amide bonds. The summed E-state index contributed by atoms with van der Waals surface area (Å²) in [5.74, 6) is 0. The highest BCUT2D eigenvalue weighted by atomic mass is 79.9. The van der Waals surface area contributed by atoms with Crippen LogP contribution in [0.3, 0.4) is 0 Å². The Bertz CT molecular complexity index is 699. The van der Waals surface area contributed by atoms with Crippen LogP contribution >= 0.6 is 15.9 Å². The highest BCUT2D eigenvalue weighted by molar-refractivity contribution is 9.10. The number of aromatic amines is 1. The van der Waals surface area contributed by atoms with Gasteiger partial charge in [0.15, 0.2) is 5.03 Å². The molecule has 0 radical (unpaired) electrons. The SMILES string of the molecule is CN(Cc1cccc(Br)c1)S(=O)(=O)c1[nH]ncc1CN. The number of nitrogens with one attached hydrogen (secondary N) is 1. The molecule has 0 bridgehead atoms. The standard InChI is InChI=1S/C12H15BrN4O2S/c1-17(8-9-3-2-4-11(13)5-9)20(18,19)12-10(6-14)7-15-16-12/h2-5,7H,6,8,14H2,1H3,(H,15,16). The number of nitrogens with zero attached hydrogens (tertiary/aromatic N) is 2. The number of hydrogen-bond donors (Lipinski definition) is 2. The lowest BCUT2D eigenvalue weighted by molar-refractivity contribution is 0.462. The molecule has 108 valence electrons. The number of rotatable bonds is 5. The van der Waals surface area contributed by atoms with Crippen molar-refractivity contribution in [2.75, 3.05) is 7.05 Å². The van der Waals surface area contributed by atoms with Crippen LogP contribution < -0.4 is 5.73 Å². The number of hydrogen-bond acceptors (Lipinski definition) is 4. The highest BCUT2D eigenvalue weighted by Crippen LogP contribution is 2.19. The molecule has 0 aliphatic carbocycles. The van der Waals surface area contributed by atoms with E-state index in [4.69, 9.17) is 5.73 Å². The van der Waals surface area contributed by atoms with Gasteiger partial charge in [-0.1, -0.05) is 28.1 Å². The monoisotopic (exact) mass is 358 g/mol. The van der Waals surface area contributed by atoms with Gasteiger partial charge >= 0.3 is 0 Å². The number of benzene rings is 1. The quantitative estimate of drug-likeness (QED) is 0.845. The van der Waals surface area contributed by atoms with Crippen molar-refractivity contribution in [3.63, 3.8) is 0 Å². The molecule has 1 aromatic heterocycles. The minimum atomic E-state index is -3.63. The Morgan fingerprint density at radius 1 is 1.45 bits per heavy atom. The number of nitrogens with two attached hydrogens (primary N) is 1. The number of aromatic nitrogens is 2. The Morgan fingerprint density at radius 2 is 2.20 bits per heavy atom. The van der Waals surface area contributed by atoms with Crippen LogP contribution in [0.1, 0.15) is 11.1 Å². The van der Waals surface area contributed by atoms with Crippen molar-refractivity contribution < 1.29 is 8.42 Å². The fourth-order valence-electron chi connectivity index (χ4n) is 1.80. The molecular weight excluding hydrogens is 344 g/mol. The normalized spacial score (nSPS) is 12.0.